The van der Waals surface area contributed by atoms with Crippen molar-refractivity contribution in [3.63, 3.8) is 0 Å². The molecule has 0 aliphatic rings. The first-order valence-corrected chi connectivity index (χ1v) is 7.23. The van der Waals surface area contributed by atoms with Crippen LogP contribution in [0, 0.1) is 6.92 Å². The van der Waals surface area contributed by atoms with E-state index >= 15 is 0 Å². The van der Waals surface area contributed by atoms with E-state index in [1.54, 1.807) is 6.26 Å². The normalized spacial score (nSPS) is 12.2. The van der Waals surface area contributed by atoms with Gasteiger partial charge < -0.3 is 14.6 Å². The number of hydrogen-bond donors (Lipinski definition) is 2. The van der Waals surface area contributed by atoms with Gasteiger partial charge in [0.2, 0.25) is 0 Å². The number of rotatable bonds is 5. The lowest BCUT2D eigenvalue weighted by molar-refractivity contribution is -0.886. The number of benzene rings is 1. The Balaban J connectivity index is 1.88. The van der Waals surface area contributed by atoms with Crippen LogP contribution in [-0.4, -0.2) is 19.5 Å². The van der Waals surface area contributed by atoms with Crippen LogP contribution >= 0.6 is 15.9 Å². The Morgan fingerprint density at radius 1 is 1.40 bits per heavy atom. The topological polar surface area (TPSA) is 46.7 Å². The lowest BCUT2D eigenvalue weighted by Crippen LogP contribution is -3.08. The van der Waals surface area contributed by atoms with Gasteiger partial charge in [-0.2, -0.15) is 0 Å². The van der Waals surface area contributed by atoms with Gasteiger partial charge in [0.15, 0.2) is 12.3 Å². The number of likely N-dealkylation sites (N-methyl/N-ethyl adjacent to an activating group) is 1. The molecule has 1 heterocycles. The second-order valence-corrected chi connectivity index (χ2v) is 5.78. The van der Waals surface area contributed by atoms with E-state index in [4.69, 9.17) is 4.42 Å². The fraction of sp³-hybridized carbons (Fsp3) is 0.267. The number of nitrogens with one attached hydrogen (secondary N) is 2. The van der Waals surface area contributed by atoms with Crippen LogP contribution in [0.3, 0.4) is 0 Å². The minimum absolute atomic E-state index is 0.0152. The van der Waals surface area contributed by atoms with Crippen molar-refractivity contribution in [2.24, 2.45) is 0 Å². The lowest BCUT2D eigenvalue weighted by atomic mass is 10.2. The molecular formula is C15H18BrN2O2+. The van der Waals surface area contributed by atoms with Crippen molar-refractivity contribution in [1.29, 1.82) is 0 Å². The third kappa shape index (κ3) is 4.21. The van der Waals surface area contributed by atoms with E-state index in [-0.39, 0.29) is 5.91 Å². The fourth-order valence-electron chi connectivity index (χ4n) is 1.96. The van der Waals surface area contributed by atoms with E-state index in [0.29, 0.717) is 13.1 Å². The van der Waals surface area contributed by atoms with Crippen LogP contribution in [0.5, 0.6) is 0 Å². The number of carbonyl (C=O) groups excluding carboxylic acids is 1. The summed E-state index contributed by atoms with van der Waals surface area (Å²) in [6, 6.07) is 9.62. The zero-order chi connectivity index (χ0) is 14.5. The average molecular weight is 338 g/mol. The molecule has 0 radical (unpaired) electrons. The predicted octanol–water partition coefficient (Wildman–Crippen LogP) is 2.00. The quantitative estimate of drug-likeness (QED) is 0.876. The van der Waals surface area contributed by atoms with Crippen molar-refractivity contribution in [1.82, 2.24) is 0 Å². The van der Waals surface area contributed by atoms with Crippen LogP contribution in [-0.2, 0) is 11.3 Å². The Morgan fingerprint density at radius 3 is 2.85 bits per heavy atom. The molecule has 0 spiro atoms. The van der Waals surface area contributed by atoms with Gasteiger partial charge in [0.1, 0.15) is 6.54 Å². The van der Waals surface area contributed by atoms with Crippen molar-refractivity contribution >= 4 is 27.5 Å². The van der Waals surface area contributed by atoms with Gasteiger partial charge in [-0.1, -0.05) is 6.07 Å². The second-order valence-electron chi connectivity index (χ2n) is 4.92. The highest BCUT2D eigenvalue weighted by Crippen LogP contribution is 2.22. The van der Waals surface area contributed by atoms with E-state index in [2.05, 4.69) is 21.2 Å². The molecule has 0 saturated heterocycles. The molecule has 1 unspecified atom stereocenters. The van der Waals surface area contributed by atoms with Crippen LogP contribution in [0.25, 0.3) is 0 Å². The summed E-state index contributed by atoms with van der Waals surface area (Å²) in [5.41, 5.74) is 1.95. The number of amides is 1. The number of carbonyl (C=O) groups is 1. The molecule has 1 amide bonds. The molecule has 2 rings (SSSR count). The number of hydrogen-bond acceptors (Lipinski definition) is 2. The molecule has 0 fully saturated rings. The molecule has 1 aromatic heterocycles. The van der Waals surface area contributed by atoms with Crippen LogP contribution in [0.15, 0.2) is 45.5 Å². The summed E-state index contributed by atoms with van der Waals surface area (Å²) in [6.45, 7) is 3.09. The molecule has 5 heteroatoms. The summed E-state index contributed by atoms with van der Waals surface area (Å²) in [5, 5.41) is 2.91. The number of anilines is 1. The highest BCUT2D eigenvalue weighted by Gasteiger charge is 2.13. The molecule has 0 aliphatic carbocycles. The number of aryl methyl sites for hydroxylation is 1. The average Bonchev–Trinajstić information content (AvgIpc) is 2.85. The lowest BCUT2D eigenvalue weighted by Gasteiger charge is -2.13. The van der Waals surface area contributed by atoms with Gasteiger partial charge in [-0.3, -0.25) is 4.79 Å². The van der Waals surface area contributed by atoms with Crippen LogP contribution in [0.4, 0.5) is 5.69 Å². The number of quaternary nitrogens is 1. The molecular weight excluding hydrogens is 320 g/mol. The van der Waals surface area contributed by atoms with Crippen molar-refractivity contribution < 1.29 is 14.1 Å². The van der Waals surface area contributed by atoms with E-state index in [0.717, 1.165) is 26.4 Å². The third-order valence-corrected chi connectivity index (χ3v) is 3.57. The third-order valence-electron chi connectivity index (χ3n) is 2.92. The first kappa shape index (κ1) is 14.8. The molecule has 0 aliphatic heterocycles. The number of furan rings is 1. The summed E-state index contributed by atoms with van der Waals surface area (Å²) < 4.78 is 6.17. The first-order valence-electron chi connectivity index (χ1n) is 6.44. The monoisotopic (exact) mass is 337 g/mol. The molecule has 106 valence electrons. The maximum Gasteiger partial charge on any atom is 0.279 e. The van der Waals surface area contributed by atoms with Gasteiger partial charge in [-0.15, -0.1) is 0 Å². The van der Waals surface area contributed by atoms with E-state index < -0.39 is 0 Å². The van der Waals surface area contributed by atoms with Gasteiger partial charge in [-0.25, -0.2) is 0 Å². The van der Waals surface area contributed by atoms with Gasteiger partial charge >= 0.3 is 0 Å². The smallest absolute Gasteiger partial charge is 0.279 e. The maximum absolute atomic E-state index is 12.0. The van der Waals surface area contributed by atoms with E-state index in [1.165, 1.54) is 0 Å². The summed E-state index contributed by atoms with van der Waals surface area (Å²) in [6.07, 6.45) is 1.64. The second kappa shape index (κ2) is 6.72. The van der Waals surface area contributed by atoms with Crippen LogP contribution in [0.1, 0.15) is 11.3 Å². The van der Waals surface area contributed by atoms with E-state index in [9.17, 15) is 4.79 Å². The Kier molecular flexibility index (Phi) is 4.98. The van der Waals surface area contributed by atoms with Crippen LogP contribution in [0.2, 0.25) is 0 Å². The van der Waals surface area contributed by atoms with Crippen LogP contribution < -0.4 is 10.2 Å². The SMILES string of the molecule is Cc1ccc(NC(=O)C[NH+](C)Cc2ccco2)c(Br)c1. The summed E-state index contributed by atoms with van der Waals surface area (Å²) in [7, 11) is 1.96. The van der Waals surface area contributed by atoms with Crippen molar-refractivity contribution in [3.8, 4) is 0 Å². The molecule has 2 N–H and O–H groups in total. The molecule has 20 heavy (non-hydrogen) atoms. The highest BCUT2D eigenvalue weighted by atomic mass is 79.9. The standard InChI is InChI=1S/C15H17BrN2O2/c1-11-5-6-14(13(16)8-11)17-15(19)10-18(2)9-12-4-3-7-20-12/h3-8H,9-10H2,1-2H3,(H,17,19)/p+1. The van der Waals surface area contributed by atoms with E-state index in [1.807, 2.05) is 44.3 Å². The summed E-state index contributed by atoms with van der Waals surface area (Å²) in [4.78, 5) is 13.1. The minimum atomic E-state index is -0.0152. The maximum atomic E-state index is 12.0. The Labute approximate surface area is 126 Å². The number of halogens is 1. The summed E-state index contributed by atoms with van der Waals surface area (Å²) >= 11 is 3.45. The van der Waals surface area contributed by atoms with Crippen molar-refractivity contribution in [2.75, 3.05) is 18.9 Å². The summed E-state index contributed by atoms with van der Waals surface area (Å²) in [5.74, 6) is 0.866. The van der Waals surface area contributed by atoms with Crippen molar-refractivity contribution in [2.45, 2.75) is 13.5 Å². The Bertz CT molecular complexity index is 582. The first-order chi connectivity index (χ1) is 9.54. The molecule has 1 aromatic carbocycles. The van der Waals surface area contributed by atoms with Gasteiger partial charge in [0.05, 0.1) is 19.0 Å². The van der Waals surface area contributed by atoms with Gasteiger partial charge in [0.25, 0.3) is 5.91 Å². The minimum Gasteiger partial charge on any atom is -0.463 e. The Morgan fingerprint density at radius 2 is 2.20 bits per heavy atom. The van der Waals surface area contributed by atoms with Gasteiger partial charge in [0, 0.05) is 4.47 Å². The molecule has 0 bridgehead atoms. The Hall–Kier alpha value is -1.59. The van der Waals surface area contributed by atoms with Gasteiger partial charge in [-0.05, 0) is 52.7 Å². The molecule has 0 saturated carbocycles. The largest absolute Gasteiger partial charge is 0.463 e. The zero-order valence-corrected chi connectivity index (χ0v) is 13.2. The fourth-order valence-corrected chi connectivity index (χ4v) is 2.56. The predicted molar refractivity (Wildman–Crippen MR) is 81.7 cm³/mol. The molecule has 2 aromatic rings. The van der Waals surface area contributed by atoms with Crippen molar-refractivity contribution in [3.05, 3.63) is 52.4 Å². The molecule has 4 nitrogen and oxygen atoms in total. The highest BCUT2D eigenvalue weighted by molar-refractivity contribution is 9.10. The molecule has 1 atom stereocenters. The zero-order valence-electron chi connectivity index (χ0n) is 11.6.